The van der Waals surface area contributed by atoms with E-state index in [1.54, 1.807) is 18.4 Å². The monoisotopic (exact) mass is 504 g/mol. The van der Waals surface area contributed by atoms with E-state index in [1.807, 2.05) is 23.7 Å². The minimum Gasteiger partial charge on any atom is -0.354 e. The topological polar surface area (TPSA) is 83.3 Å². The maximum absolute atomic E-state index is 4.64. The fourth-order valence-electron chi connectivity index (χ4n) is 2.84. The molecule has 2 aromatic heterocycles. The van der Waals surface area contributed by atoms with Crippen molar-refractivity contribution in [3.05, 3.63) is 22.7 Å². The van der Waals surface area contributed by atoms with Crippen LogP contribution in [0.25, 0.3) is 0 Å². The largest absolute Gasteiger partial charge is 0.354 e. The lowest BCUT2D eigenvalue weighted by Gasteiger charge is -2.25. The molecule has 0 bridgehead atoms. The number of nitrogens with zero attached hydrogens (tertiary/aromatic N) is 6. The van der Waals surface area contributed by atoms with Gasteiger partial charge in [-0.05, 0) is 6.42 Å². The average Bonchev–Trinajstić information content (AvgIpc) is 3.25. The van der Waals surface area contributed by atoms with Crippen LogP contribution < -0.4 is 15.5 Å². The van der Waals surface area contributed by atoms with Crippen molar-refractivity contribution < 1.29 is 0 Å². The highest BCUT2D eigenvalue weighted by atomic mass is 127. The van der Waals surface area contributed by atoms with Gasteiger partial charge in [0.2, 0.25) is 0 Å². The summed E-state index contributed by atoms with van der Waals surface area (Å²) in [6.07, 6.45) is 1.96. The molecular formula is C17H29IN8S. The zero-order valence-corrected chi connectivity index (χ0v) is 19.7. The van der Waals surface area contributed by atoms with E-state index in [2.05, 4.69) is 49.9 Å². The van der Waals surface area contributed by atoms with Crippen molar-refractivity contribution in [3.63, 3.8) is 0 Å². The fraction of sp³-hybridized carbons (Fsp3) is 0.647. The minimum atomic E-state index is 0. The second kappa shape index (κ2) is 9.67. The number of fused-ring (bicyclic) bond motifs is 1. The Morgan fingerprint density at radius 3 is 2.81 bits per heavy atom. The molecule has 3 heterocycles. The number of thiazole rings is 1. The van der Waals surface area contributed by atoms with Gasteiger partial charge in [0.05, 0.1) is 18.8 Å². The number of rotatable bonds is 5. The van der Waals surface area contributed by atoms with Crippen LogP contribution in [0.5, 0.6) is 0 Å². The predicted octanol–water partition coefficient (Wildman–Crippen LogP) is 2.22. The van der Waals surface area contributed by atoms with Crippen molar-refractivity contribution in [2.45, 2.75) is 51.7 Å². The molecule has 0 amide bonds. The third-order valence-corrected chi connectivity index (χ3v) is 5.37. The molecule has 2 aromatic rings. The highest BCUT2D eigenvalue weighted by molar-refractivity contribution is 14.0. The average molecular weight is 504 g/mol. The lowest BCUT2D eigenvalue weighted by Crippen LogP contribution is -2.46. The van der Waals surface area contributed by atoms with Crippen molar-refractivity contribution in [3.8, 4) is 0 Å². The molecule has 1 aliphatic rings. The van der Waals surface area contributed by atoms with Crippen LogP contribution in [0.15, 0.2) is 10.4 Å². The molecule has 0 saturated carbocycles. The first-order valence-electron chi connectivity index (χ1n) is 8.98. The SMILES string of the molecule is CN=C(NCc1csc(N(C)C)n1)NC1CCc2nc(C(C)C)nn2C1.I. The Hall–Kier alpha value is -1.43. The molecule has 3 rings (SSSR count). The van der Waals surface area contributed by atoms with Gasteiger partial charge in [0.15, 0.2) is 16.9 Å². The Morgan fingerprint density at radius 2 is 2.19 bits per heavy atom. The number of halogens is 1. The smallest absolute Gasteiger partial charge is 0.191 e. The third kappa shape index (κ3) is 5.53. The van der Waals surface area contributed by atoms with Crippen LogP contribution in [-0.4, -0.2) is 52.9 Å². The van der Waals surface area contributed by atoms with Gasteiger partial charge in [0.1, 0.15) is 5.82 Å². The standard InChI is InChI=1S/C17H28N8S.HI/c1-11(2)15-22-14-7-6-12(9-25(14)23-15)20-16(18-3)19-8-13-10-26-17(21-13)24(4)5;/h10-12H,6-9H2,1-5H3,(H2,18,19,20);1H. The second-order valence-electron chi connectivity index (χ2n) is 7.04. The maximum atomic E-state index is 4.64. The second-order valence-corrected chi connectivity index (χ2v) is 7.88. The molecule has 0 radical (unpaired) electrons. The summed E-state index contributed by atoms with van der Waals surface area (Å²) < 4.78 is 2.04. The van der Waals surface area contributed by atoms with Crippen molar-refractivity contribution in [2.24, 2.45) is 4.99 Å². The van der Waals surface area contributed by atoms with Gasteiger partial charge in [0, 0.05) is 44.9 Å². The summed E-state index contributed by atoms with van der Waals surface area (Å²) in [5.74, 6) is 3.18. The van der Waals surface area contributed by atoms with Gasteiger partial charge in [-0.1, -0.05) is 13.8 Å². The lowest BCUT2D eigenvalue weighted by atomic mass is 10.1. The van der Waals surface area contributed by atoms with Crippen LogP contribution in [0.3, 0.4) is 0 Å². The first kappa shape index (κ1) is 21.9. The summed E-state index contributed by atoms with van der Waals surface area (Å²) in [5.41, 5.74) is 1.02. The highest BCUT2D eigenvalue weighted by Gasteiger charge is 2.23. The summed E-state index contributed by atoms with van der Waals surface area (Å²) in [7, 11) is 5.80. The first-order valence-corrected chi connectivity index (χ1v) is 9.86. The number of hydrogen-bond donors (Lipinski definition) is 2. The summed E-state index contributed by atoms with van der Waals surface area (Å²) >= 11 is 1.65. The minimum absolute atomic E-state index is 0. The molecule has 1 atom stereocenters. The zero-order valence-electron chi connectivity index (χ0n) is 16.6. The fourth-order valence-corrected chi connectivity index (χ4v) is 3.59. The normalized spacial score (nSPS) is 16.7. The zero-order chi connectivity index (χ0) is 18.7. The van der Waals surface area contributed by atoms with Crippen LogP contribution in [0.4, 0.5) is 5.13 Å². The molecule has 0 saturated heterocycles. The molecule has 150 valence electrons. The highest BCUT2D eigenvalue weighted by Crippen LogP contribution is 2.18. The van der Waals surface area contributed by atoms with Gasteiger partial charge < -0.3 is 15.5 Å². The third-order valence-electron chi connectivity index (χ3n) is 4.31. The van der Waals surface area contributed by atoms with Crippen molar-refractivity contribution >= 4 is 46.4 Å². The molecule has 1 unspecified atom stereocenters. The number of nitrogens with one attached hydrogen (secondary N) is 2. The van der Waals surface area contributed by atoms with Crippen molar-refractivity contribution in [1.82, 2.24) is 30.4 Å². The molecule has 2 N–H and O–H groups in total. The number of anilines is 1. The number of hydrogen-bond acceptors (Lipinski definition) is 6. The molecule has 27 heavy (non-hydrogen) atoms. The van der Waals surface area contributed by atoms with Gasteiger partial charge in [-0.3, -0.25) is 4.99 Å². The van der Waals surface area contributed by atoms with Crippen LogP contribution in [0.2, 0.25) is 0 Å². The Morgan fingerprint density at radius 1 is 1.41 bits per heavy atom. The van der Waals surface area contributed by atoms with Gasteiger partial charge in [-0.2, -0.15) is 5.10 Å². The van der Waals surface area contributed by atoms with Gasteiger partial charge in [-0.15, -0.1) is 35.3 Å². The maximum Gasteiger partial charge on any atom is 0.191 e. The van der Waals surface area contributed by atoms with Crippen LogP contribution in [0.1, 0.15) is 43.5 Å². The quantitative estimate of drug-likeness (QED) is 0.369. The van der Waals surface area contributed by atoms with Gasteiger partial charge >= 0.3 is 0 Å². The molecule has 0 aromatic carbocycles. The van der Waals surface area contributed by atoms with E-state index in [0.717, 1.165) is 47.8 Å². The van der Waals surface area contributed by atoms with Crippen LogP contribution >= 0.6 is 35.3 Å². The van der Waals surface area contributed by atoms with E-state index in [0.29, 0.717) is 18.5 Å². The Kier molecular flexibility index (Phi) is 7.83. The van der Waals surface area contributed by atoms with E-state index in [1.165, 1.54) is 0 Å². The molecule has 1 aliphatic heterocycles. The Labute approximate surface area is 181 Å². The van der Waals surface area contributed by atoms with E-state index in [4.69, 9.17) is 0 Å². The van der Waals surface area contributed by atoms with Crippen molar-refractivity contribution in [2.75, 3.05) is 26.0 Å². The predicted molar refractivity (Wildman–Crippen MR) is 121 cm³/mol. The summed E-state index contributed by atoms with van der Waals surface area (Å²) in [6, 6.07) is 0.295. The number of aliphatic imine (C=N–C) groups is 1. The van der Waals surface area contributed by atoms with E-state index in [-0.39, 0.29) is 24.0 Å². The lowest BCUT2D eigenvalue weighted by molar-refractivity contribution is 0.391. The van der Waals surface area contributed by atoms with Gasteiger partial charge in [-0.25, -0.2) is 14.6 Å². The molecule has 10 heteroatoms. The van der Waals surface area contributed by atoms with E-state index < -0.39 is 0 Å². The molecule has 8 nitrogen and oxygen atoms in total. The molecule has 0 spiro atoms. The summed E-state index contributed by atoms with van der Waals surface area (Å²) in [6.45, 7) is 5.73. The molecular weight excluding hydrogens is 475 g/mol. The van der Waals surface area contributed by atoms with Gasteiger partial charge in [0.25, 0.3) is 0 Å². The molecule has 0 aliphatic carbocycles. The number of aryl methyl sites for hydroxylation is 1. The number of guanidine groups is 1. The summed E-state index contributed by atoms with van der Waals surface area (Å²) in [5, 5.41) is 14.6. The van der Waals surface area contributed by atoms with Crippen LogP contribution in [0, 0.1) is 0 Å². The Bertz CT molecular complexity index is 767. The molecule has 0 fully saturated rings. The van der Waals surface area contributed by atoms with E-state index in [9.17, 15) is 0 Å². The summed E-state index contributed by atoms with van der Waals surface area (Å²) in [4.78, 5) is 15.6. The first-order chi connectivity index (χ1) is 12.5. The van der Waals surface area contributed by atoms with E-state index >= 15 is 0 Å². The van der Waals surface area contributed by atoms with Crippen molar-refractivity contribution in [1.29, 1.82) is 0 Å². The number of aromatic nitrogens is 4. The van der Waals surface area contributed by atoms with Crippen LogP contribution in [-0.2, 0) is 19.5 Å². The Balaban J connectivity index is 0.00000261.